The Bertz CT molecular complexity index is 351. The maximum atomic E-state index is 12.0. The van der Waals surface area contributed by atoms with Crippen LogP contribution < -0.4 is 10.5 Å². The van der Waals surface area contributed by atoms with Crippen molar-refractivity contribution in [3.63, 3.8) is 0 Å². The van der Waals surface area contributed by atoms with Gasteiger partial charge >= 0.3 is 6.18 Å². The van der Waals surface area contributed by atoms with Gasteiger partial charge in [0.2, 0.25) is 0 Å². The Balaban J connectivity index is 2.17. The average molecular weight is 262 g/mol. The highest BCUT2D eigenvalue weighted by atomic mass is 19.4. The molecule has 0 radical (unpaired) electrons. The summed E-state index contributed by atoms with van der Waals surface area (Å²) in [6.07, 6.45) is -3.61. The number of nitrogens with zero attached hydrogens (tertiary/aromatic N) is 1. The van der Waals surface area contributed by atoms with Crippen molar-refractivity contribution >= 4 is 5.69 Å². The Morgan fingerprint density at radius 2 is 1.83 bits per heavy atom. The number of nitrogen functional groups attached to an aromatic ring is 1. The second-order valence-corrected chi connectivity index (χ2v) is 4.12. The lowest BCUT2D eigenvalue weighted by Crippen LogP contribution is -2.32. The van der Waals surface area contributed by atoms with Crippen LogP contribution in [-0.2, 0) is 0 Å². The largest absolute Gasteiger partial charge is 0.494 e. The minimum atomic E-state index is -4.15. The zero-order valence-corrected chi connectivity index (χ0v) is 10.2. The van der Waals surface area contributed by atoms with Crippen LogP contribution in [0.1, 0.15) is 6.42 Å². The number of anilines is 1. The van der Waals surface area contributed by atoms with Gasteiger partial charge in [-0.05, 0) is 37.7 Å². The van der Waals surface area contributed by atoms with Crippen LogP contribution in [0.15, 0.2) is 24.3 Å². The van der Waals surface area contributed by atoms with Gasteiger partial charge in [0, 0.05) is 12.2 Å². The molecule has 0 bridgehead atoms. The van der Waals surface area contributed by atoms with Crippen molar-refractivity contribution in [2.45, 2.75) is 12.6 Å². The van der Waals surface area contributed by atoms with Gasteiger partial charge in [0.25, 0.3) is 0 Å². The molecule has 0 atom stereocenters. The van der Waals surface area contributed by atoms with Crippen molar-refractivity contribution in [2.75, 3.05) is 32.5 Å². The third kappa shape index (κ3) is 6.34. The number of nitrogens with two attached hydrogens (primary N) is 1. The van der Waals surface area contributed by atoms with Gasteiger partial charge in [-0.25, -0.2) is 0 Å². The van der Waals surface area contributed by atoms with Crippen molar-refractivity contribution in [3.8, 4) is 5.75 Å². The van der Waals surface area contributed by atoms with Crippen molar-refractivity contribution in [1.29, 1.82) is 0 Å². The fourth-order valence-corrected chi connectivity index (χ4v) is 1.47. The molecule has 0 saturated heterocycles. The van der Waals surface area contributed by atoms with Crippen molar-refractivity contribution in [3.05, 3.63) is 24.3 Å². The van der Waals surface area contributed by atoms with Crippen LogP contribution in [0.25, 0.3) is 0 Å². The van der Waals surface area contributed by atoms with E-state index in [-0.39, 0.29) is 0 Å². The van der Waals surface area contributed by atoms with E-state index in [2.05, 4.69) is 0 Å². The molecule has 0 amide bonds. The molecule has 2 N–H and O–H groups in total. The standard InChI is InChI=1S/C12H17F3N2O/c1-17(9-12(13,14)15)7-2-8-18-11-5-3-10(16)4-6-11/h3-6H,2,7-9,16H2,1H3. The summed E-state index contributed by atoms with van der Waals surface area (Å²) in [5.41, 5.74) is 6.16. The Kier molecular flexibility index (Phi) is 5.27. The van der Waals surface area contributed by atoms with Gasteiger partial charge in [-0.3, -0.25) is 4.90 Å². The topological polar surface area (TPSA) is 38.5 Å². The van der Waals surface area contributed by atoms with Gasteiger partial charge in [0.15, 0.2) is 0 Å². The van der Waals surface area contributed by atoms with Crippen LogP contribution in [0.4, 0.5) is 18.9 Å². The molecule has 3 nitrogen and oxygen atoms in total. The molecule has 0 spiro atoms. The van der Waals surface area contributed by atoms with Crippen LogP contribution in [0.3, 0.4) is 0 Å². The summed E-state index contributed by atoms with van der Waals surface area (Å²) in [6, 6.07) is 6.89. The smallest absolute Gasteiger partial charge is 0.401 e. The lowest BCUT2D eigenvalue weighted by Gasteiger charge is -2.18. The van der Waals surface area contributed by atoms with Crippen LogP contribution in [-0.4, -0.2) is 37.8 Å². The Morgan fingerprint density at radius 1 is 1.22 bits per heavy atom. The van der Waals surface area contributed by atoms with E-state index in [1.54, 1.807) is 24.3 Å². The van der Waals surface area contributed by atoms with Gasteiger partial charge in [-0.15, -0.1) is 0 Å². The molecule has 0 aliphatic rings. The van der Waals surface area contributed by atoms with Crippen LogP contribution >= 0.6 is 0 Å². The number of rotatable bonds is 6. The zero-order chi connectivity index (χ0) is 13.6. The molecule has 0 aliphatic heterocycles. The molecule has 1 rings (SSSR count). The normalized spacial score (nSPS) is 11.8. The highest BCUT2D eigenvalue weighted by Gasteiger charge is 2.28. The van der Waals surface area contributed by atoms with Crippen LogP contribution in [0.2, 0.25) is 0 Å². The van der Waals surface area contributed by atoms with Gasteiger partial charge in [-0.2, -0.15) is 13.2 Å². The molecule has 0 unspecified atom stereocenters. The third-order valence-corrected chi connectivity index (χ3v) is 2.28. The van der Waals surface area contributed by atoms with E-state index in [0.717, 1.165) is 0 Å². The molecule has 0 aliphatic carbocycles. The van der Waals surface area contributed by atoms with E-state index in [9.17, 15) is 13.2 Å². The summed E-state index contributed by atoms with van der Waals surface area (Å²) in [7, 11) is 1.44. The van der Waals surface area contributed by atoms with Gasteiger partial charge < -0.3 is 10.5 Å². The highest BCUT2D eigenvalue weighted by molar-refractivity contribution is 5.41. The predicted molar refractivity (Wildman–Crippen MR) is 64.5 cm³/mol. The number of halogens is 3. The van der Waals surface area contributed by atoms with E-state index in [0.29, 0.717) is 31.0 Å². The molecular formula is C12H17F3N2O. The summed E-state index contributed by atoms with van der Waals surface area (Å²) in [5, 5.41) is 0. The Morgan fingerprint density at radius 3 is 2.39 bits per heavy atom. The molecule has 6 heteroatoms. The van der Waals surface area contributed by atoms with Crippen molar-refractivity contribution in [1.82, 2.24) is 4.90 Å². The monoisotopic (exact) mass is 262 g/mol. The second-order valence-electron chi connectivity index (χ2n) is 4.12. The maximum Gasteiger partial charge on any atom is 0.401 e. The molecule has 0 heterocycles. The lowest BCUT2D eigenvalue weighted by molar-refractivity contribution is -0.143. The molecule has 1 aromatic carbocycles. The zero-order valence-electron chi connectivity index (χ0n) is 10.2. The van der Waals surface area contributed by atoms with Crippen molar-refractivity contribution in [2.24, 2.45) is 0 Å². The highest BCUT2D eigenvalue weighted by Crippen LogP contribution is 2.16. The van der Waals surface area contributed by atoms with E-state index in [4.69, 9.17) is 10.5 Å². The number of hydrogen-bond acceptors (Lipinski definition) is 3. The van der Waals surface area contributed by atoms with Crippen molar-refractivity contribution < 1.29 is 17.9 Å². The first kappa shape index (κ1) is 14.6. The number of ether oxygens (including phenoxy) is 1. The summed E-state index contributed by atoms with van der Waals surface area (Å²) in [4.78, 5) is 1.23. The quantitative estimate of drug-likeness (QED) is 0.632. The SMILES string of the molecule is CN(CCCOc1ccc(N)cc1)CC(F)(F)F. The molecule has 0 aromatic heterocycles. The van der Waals surface area contributed by atoms with E-state index < -0.39 is 12.7 Å². The fraction of sp³-hybridized carbons (Fsp3) is 0.500. The minimum absolute atomic E-state index is 0.342. The Hall–Kier alpha value is -1.43. The first-order chi connectivity index (χ1) is 8.37. The van der Waals surface area contributed by atoms with Gasteiger partial charge in [-0.1, -0.05) is 0 Å². The van der Waals surface area contributed by atoms with Crippen LogP contribution in [0.5, 0.6) is 5.75 Å². The minimum Gasteiger partial charge on any atom is -0.494 e. The predicted octanol–water partition coefficient (Wildman–Crippen LogP) is 2.53. The van der Waals surface area contributed by atoms with E-state index >= 15 is 0 Å². The first-order valence-corrected chi connectivity index (χ1v) is 5.60. The van der Waals surface area contributed by atoms with Crippen LogP contribution in [0, 0.1) is 0 Å². The second kappa shape index (κ2) is 6.49. The van der Waals surface area contributed by atoms with Gasteiger partial charge in [0.05, 0.1) is 13.2 Å². The summed E-state index contributed by atoms with van der Waals surface area (Å²) in [5.74, 6) is 0.669. The third-order valence-electron chi connectivity index (χ3n) is 2.28. The molecule has 1 aromatic rings. The molecule has 102 valence electrons. The summed E-state index contributed by atoms with van der Waals surface area (Å²) < 4.78 is 41.5. The fourth-order valence-electron chi connectivity index (χ4n) is 1.47. The van der Waals surface area contributed by atoms with E-state index in [1.165, 1.54) is 11.9 Å². The number of benzene rings is 1. The summed E-state index contributed by atoms with van der Waals surface area (Å²) in [6.45, 7) is -0.171. The molecule has 18 heavy (non-hydrogen) atoms. The lowest BCUT2D eigenvalue weighted by atomic mass is 10.3. The maximum absolute atomic E-state index is 12.0. The Labute approximate surface area is 104 Å². The number of hydrogen-bond donors (Lipinski definition) is 1. The molecular weight excluding hydrogens is 245 g/mol. The number of alkyl halides is 3. The molecule has 0 saturated carbocycles. The van der Waals surface area contributed by atoms with Gasteiger partial charge in [0.1, 0.15) is 5.75 Å². The molecule has 0 fully saturated rings. The van der Waals surface area contributed by atoms with E-state index in [1.807, 2.05) is 0 Å². The summed E-state index contributed by atoms with van der Waals surface area (Å²) >= 11 is 0. The first-order valence-electron chi connectivity index (χ1n) is 5.60. The average Bonchev–Trinajstić information content (AvgIpc) is 2.24.